The molecule has 3 nitrogen and oxygen atoms in total. The molecule has 50 heavy (non-hydrogen) atoms. The minimum Gasteiger partial charge on any atom is -0.307 e. The van der Waals surface area contributed by atoms with Crippen LogP contribution in [0.1, 0.15) is 171 Å². The topological polar surface area (TPSA) is 51.2 Å². The molecule has 0 bridgehead atoms. The van der Waals surface area contributed by atoms with Crippen molar-refractivity contribution in [1.29, 1.82) is 0 Å². The van der Waals surface area contributed by atoms with Crippen LogP contribution in [0.4, 0.5) is 0 Å². The molecule has 1 unspecified atom stereocenters. The molecule has 2 aromatic carbocycles. The van der Waals surface area contributed by atoms with E-state index < -0.39 is 18.2 Å². The molecule has 0 aliphatic heterocycles. The molecule has 2 rings (SSSR count). The van der Waals surface area contributed by atoms with Crippen LogP contribution in [0.3, 0.4) is 0 Å². The Labute approximate surface area is 309 Å². The molecule has 0 aliphatic rings. The summed E-state index contributed by atoms with van der Waals surface area (Å²) in [5.74, 6) is 2.11. The second kappa shape index (κ2) is 18.7. The van der Waals surface area contributed by atoms with E-state index in [-0.39, 0.29) is 17.5 Å². The first-order valence-corrected chi connectivity index (χ1v) is 21.8. The maximum atomic E-state index is 16.1. The molecule has 2 aromatic rings. The summed E-state index contributed by atoms with van der Waals surface area (Å²) in [4.78, 5) is 31.0. The van der Waals surface area contributed by atoms with Gasteiger partial charge in [0.2, 0.25) is 18.2 Å². The molecule has 1 atom stereocenters. The molecule has 0 aromatic heterocycles. The molecular weight excluding hydrogens is 631 g/mol. The van der Waals surface area contributed by atoms with Crippen LogP contribution in [-0.4, -0.2) is 17.2 Å². The van der Waals surface area contributed by atoms with E-state index in [2.05, 4.69) is 135 Å². The lowest BCUT2D eigenvalue weighted by Gasteiger charge is -2.29. The molecule has 0 radical (unpaired) electrons. The van der Waals surface area contributed by atoms with Gasteiger partial charge in [-0.25, -0.2) is 0 Å². The third-order valence-electron chi connectivity index (χ3n) is 9.14. The van der Waals surface area contributed by atoms with E-state index in [0.717, 1.165) is 41.5 Å². The Hall–Kier alpha value is -1.99. The Kier molecular flexibility index (Phi) is 16.5. The highest BCUT2D eigenvalue weighted by Crippen LogP contribution is 2.56. The van der Waals surface area contributed by atoms with E-state index >= 15 is 14.2 Å². The molecule has 0 saturated heterocycles. The van der Waals surface area contributed by atoms with Gasteiger partial charge in [-0.05, 0) is 125 Å². The van der Waals surface area contributed by atoms with Crippen LogP contribution in [0.5, 0.6) is 0 Å². The third-order valence-corrected chi connectivity index (χ3v) is 12.0. The first kappa shape index (κ1) is 44.2. The monoisotopic (exact) mass is 707 g/mol. The van der Waals surface area contributed by atoms with Crippen molar-refractivity contribution in [2.24, 2.45) is 46.8 Å². The average Bonchev–Trinajstić information content (AvgIpc) is 2.89. The lowest BCUT2D eigenvalue weighted by molar-refractivity contribution is 0.103. The molecule has 0 saturated carbocycles. The highest BCUT2D eigenvalue weighted by atomic mass is 31.2. The lowest BCUT2D eigenvalue weighted by Crippen LogP contribution is -2.24. The van der Waals surface area contributed by atoms with Crippen molar-refractivity contribution in [2.75, 3.05) is 6.16 Å². The van der Waals surface area contributed by atoms with Crippen molar-refractivity contribution < 1.29 is 14.2 Å². The fourth-order valence-corrected chi connectivity index (χ4v) is 10.8. The summed E-state index contributed by atoms with van der Waals surface area (Å²) in [7, 11) is -4.13. The van der Waals surface area contributed by atoms with Crippen LogP contribution in [0.2, 0.25) is 0 Å². The number of hydrogen-bond acceptors (Lipinski definition) is 3. The Balaban J connectivity index is 3.08. The zero-order valence-corrected chi connectivity index (χ0v) is 36.1. The van der Waals surface area contributed by atoms with E-state index in [4.69, 9.17) is 0 Å². The van der Waals surface area contributed by atoms with Gasteiger partial charge in [0.05, 0.1) is 0 Å². The van der Waals surface area contributed by atoms with Gasteiger partial charge in [0, 0.05) is 17.3 Å². The Morgan fingerprint density at radius 3 is 0.980 bits per heavy atom. The molecule has 4 heteroatoms. The quantitative estimate of drug-likeness (QED) is 0.137. The van der Waals surface area contributed by atoms with Crippen LogP contribution < -0.4 is 0 Å². The Bertz CT molecular complexity index is 1320. The van der Waals surface area contributed by atoms with Crippen molar-refractivity contribution in [2.45, 2.75) is 156 Å². The van der Waals surface area contributed by atoms with Crippen molar-refractivity contribution in [3.63, 3.8) is 0 Å². The summed E-state index contributed by atoms with van der Waals surface area (Å²) in [5.41, 5.74) is 6.64. The van der Waals surface area contributed by atoms with Gasteiger partial charge in [-0.2, -0.15) is 0 Å². The molecular formula is C46H75O3P. The Morgan fingerprint density at radius 2 is 0.760 bits per heavy atom. The summed E-state index contributed by atoms with van der Waals surface area (Å²) in [6.45, 7) is 35.0. The lowest BCUT2D eigenvalue weighted by atomic mass is 9.86. The number of rotatable bonds is 19. The van der Waals surface area contributed by atoms with Gasteiger partial charge in [0.15, 0.2) is 0 Å². The zero-order chi connectivity index (χ0) is 38.3. The van der Waals surface area contributed by atoms with Crippen molar-refractivity contribution in [1.82, 2.24) is 0 Å². The highest BCUT2D eigenvalue weighted by molar-refractivity contribution is 7.95. The smallest absolute Gasteiger partial charge is 0.229 e. The van der Waals surface area contributed by atoms with Crippen LogP contribution in [0, 0.1) is 46.8 Å². The third kappa shape index (κ3) is 13.2. The molecule has 282 valence electrons. The first-order chi connectivity index (χ1) is 22.9. The van der Waals surface area contributed by atoms with Crippen LogP contribution >= 0.6 is 7.14 Å². The standard InChI is InChI=1S/C46H75O3P/c1-29(2)17-36-23-38(19-31(5)6)42(39(24-36)20-32(7)8)44(47)50(49,28-35(13)27-46(14,15)16)45(48)43-40(21-33(9)10)25-37(18-30(3)4)26-41(43)22-34(11)12/h23-26,29-35H,17-22,27-28H2,1-16H3. The van der Waals surface area contributed by atoms with Gasteiger partial charge in [-0.1, -0.05) is 135 Å². The van der Waals surface area contributed by atoms with Crippen LogP contribution in [-0.2, 0) is 43.1 Å². The van der Waals surface area contributed by atoms with E-state index in [9.17, 15) is 0 Å². The van der Waals surface area contributed by atoms with E-state index in [1.54, 1.807) is 0 Å². The summed E-state index contributed by atoms with van der Waals surface area (Å²) in [6.07, 6.45) is 5.58. The average molecular weight is 707 g/mol. The maximum Gasteiger partial charge on any atom is 0.229 e. The van der Waals surface area contributed by atoms with Crippen molar-refractivity contribution in [3.8, 4) is 0 Å². The second-order valence-electron chi connectivity index (χ2n) is 19.6. The summed E-state index contributed by atoms with van der Waals surface area (Å²) >= 11 is 0. The number of carbonyl (C=O) groups excluding carboxylic acids is 2. The molecule has 0 amide bonds. The van der Waals surface area contributed by atoms with Gasteiger partial charge in [0.1, 0.15) is 0 Å². The van der Waals surface area contributed by atoms with Crippen molar-refractivity contribution >= 4 is 18.2 Å². The van der Waals surface area contributed by atoms with E-state index in [1.807, 2.05) is 0 Å². The van der Waals surface area contributed by atoms with Crippen LogP contribution in [0.25, 0.3) is 0 Å². The normalized spacial score (nSPS) is 13.5. The highest BCUT2D eigenvalue weighted by Gasteiger charge is 2.45. The number of benzene rings is 2. The fraction of sp³-hybridized carbons (Fsp3) is 0.696. The van der Waals surface area contributed by atoms with Crippen LogP contribution in [0.15, 0.2) is 24.3 Å². The van der Waals surface area contributed by atoms with Crippen molar-refractivity contribution in [3.05, 3.63) is 68.8 Å². The molecule has 0 aliphatic carbocycles. The largest absolute Gasteiger partial charge is 0.307 e. The molecule has 0 fully saturated rings. The molecule has 0 N–H and O–H groups in total. The SMILES string of the molecule is CC(C)Cc1cc(CC(C)C)c(C(=O)P(=O)(CC(C)CC(C)(C)C)C(=O)c2c(CC(C)C)cc(CC(C)C)cc2CC(C)C)c(CC(C)C)c1. The molecule has 0 heterocycles. The number of hydrogen-bond donors (Lipinski definition) is 0. The van der Waals surface area contributed by atoms with Gasteiger partial charge in [0.25, 0.3) is 0 Å². The minimum absolute atomic E-state index is 0.0233. The summed E-state index contributed by atoms with van der Waals surface area (Å²) < 4.78 is 16.1. The fourth-order valence-electron chi connectivity index (χ4n) is 7.98. The predicted molar refractivity (Wildman–Crippen MR) is 219 cm³/mol. The second-order valence-corrected chi connectivity index (χ2v) is 22.2. The van der Waals surface area contributed by atoms with Gasteiger partial charge in [-0.3, -0.25) is 9.59 Å². The van der Waals surface area contributed by atoms with E-state index in [0.29, 0.717) is 72.3 Å². The Morgan fingerprint density at radius 1 is 0.500 bits per heavy atom. The van der Waals surface area contributed by atoms with Gasteiger partial charge < -0.3 is 4.57 Å². The van der Waals surface area contributed by atoms with E-state index in [1.165, 1.54) is 11.1 Å². The predicted octanol–water partition coefficient (Wildman–Crippen LogP) is 13.3. The van der Waals surface area contributed by atoms with Gasteiger partial charge >= 0.3 is 0 Å². The van der Waals surface area contributed by atoms with Gasteiger partial charge in [-0.15, -0.1) is 0 Å². The number of carbonyl (C=O) groups is 2. The summed E-state index contributed by atoms with van der Waals surface area (Å²) in [6, 6.07) is 8.78. The minimum atomic E-state index is -4.13. The maximum absolute atomic E-state index is 16.1. The zero-order valence-electron chi connectivity index (χ0n) is 35.2. The first-order valence-electron chi connectivity index (χ1n) is 19.9. The summed E-state index contributed by atoms with van der Waals surface area (Å²) in [5, 5.41) is 0. The molecule has 0 spiro atoms.